The maximum atomic E-state index is 12.1. The number of aromatic nitrogens is 1. The van der Waals surface area contributed by atoms with Crippen LogP contribution in [0.2, 0.25) is 0 Å². The summed E-state index contributed by atoms with van der Waals surface area (Å²) < 4.78 is 5.49. The van der Waals surface area contributed by atoms with Crippen LogP contribution in [0.1, 0.15) is 5.56 Å². The van der Waals surface area contributed by atoms with Crippen LogP contribution in [0.5, 0.6) is 5.75 Å². The molecule has 24 heavy (non-hydrogen) atoms. The summed E-state index contributed by atoms with van der Waals surface area (Å²) in [6.07, 6.45) is 1.67. The Kier molecular flexibility index (Phi) is 5.45. The summed E-state index contributed by atoms with van der Waals surface area (Å²) in [6.45, 7) is 3.91. The molecule has 1 aromatic heterocycles. The lowest BCUT2D eigenvalue weighted by atomic mass is 10.1. The van der Waals surface area contributed by atoms with E-state index < -0.39 is 4.92 Å². The zero-order valence-corrected chi connectivity index (χ0v) is 12.8. The SMILES string of the molecule is C=CCOc1ccccc1CC(=O)Nc1ccc([N+](=O)[O-])c(N)n1. The van der Waals surface area contributed by atoms with Crippen molar-refractivity contribution >= 4 is 23.2 Å². The van der Waals surface area contributed by atoms with Crippen LogP contribution in [0.4, 0.5) is 17.3 Å². The molecule has 0 radical (unpaired) electrons. The van der Waals surface area contributed by atoms with Crippen LogP contribution in [0.3, 0.4) is 0 Å². The van der Waals surface area contributed by atoms with Crippen molar-refractivity contribution in [2.24, 2.45) is 0 Å². The summed E-state index contributed by atoms with van der Waals surface area (Å²) in [5.41, 5.74) is 5.89. The first-order valence-corrected chi connectivity index (χ1v) is 7.03. The molecule has 0 aliphatic heterocycles. The second-order valence-corrected chi connectivity index (χ2v) is 4.79. The second kappa shape index (κ2) is 7.73. The monoisotopic (exact) mass is 328 g/mol. The molecule has 3 N–H and O–H groups in total. The van der Waals surface area contributed by atoms with Gasteiger partial charge in [-0.2, -0.15) is 0 Å². The first-order valence-electron chi connectivity index (χ1n) is 7.03. The van der Waals surface area contributed by atoms with E-state index >= 15 is 0 Å². The van der Waals surface area contributed by atoms with Gasteiger partial charge in [-0.3, -0.25) is 14.9 Å². The highest BCUT2D eigenvalue weighted by molar-refractivity contribution is 5.92. The fourth-order valence-corrected chi connectivity index (χ4v) is 1.99. The van der Waals surface area contributed by atoms with Crippen LogP contribution in [0, 0.1) is 10.1 Å². The van der Waals surface area contributed by atoms with E-state index in [2.05, 4.69) is 16.9 Å². The van der Waals surface area contributed by atoms with Gasteiger partial charge in [-0.15, -0.1) is 0 Å². The first kappa shape index (κ1) is 16.9. The zero-order chi connectivity index (χ0) is 17.5. The third-order valence-electron chi connectivity index (χ3n) is 3.05. The minimum absolute atomic E-state index is 0.0614. The summed E-state index contributed by atoms with van der Waals surface area (Å²) in [4.78, 5) is 26.0. The number of para-hydroxylation sites is 1. The number of rotatable bonds is 7. The maximum Gasteiger partial charge on any atom is 0.311 e. The Bertz CT molecular complexity index is 776. The number of nitrogen functional groups attached to an aromatic ring is 1. The number of ether oxygens (including phenoxy) is 1. The number of nitro groups is 1. The number of hydrogen-bond acceptors (Lipinski definition) is 6. The summed E-state index contributed by atoms with van der Waals surface area (Å²) in [6, 6.07) is 9.65. The fourth-order valence-electron chi connectivity index (χ4n) is 1.99. The van der Waals surface area contributed by atoms with Crippen LogP contribution < -0.4 is 15.8 Å². The van der Waals surface area contributed by atoms with E-state index in [-0.39, 0.29) is 29.7 Å². The van der Waals surface area contributed by atoms with Gasteiger partial charge in [0, 0.05) is 11.6 Å². The van der Waals surface area contributed by atoms with Gasteiger partial charge in [0.2, 0.25) is 11.7 Å². The molecular weight excluding hydrogens is 312 g/mol. The van der Waals surface area contributed by atoms with Crippen molar-refractivity contribution in [1.29, 1.82) is 0 Å². The molecule has 0 saturated carbocycles. The molecule has 0 saturated heterocycles. The van der Waals surface area contributed by atoms with Crippen LogP contribution >= 0.6 is 0 Å². The molecule has 0 atom stereocenters. The highest BCUT2D eigenvalue weighted by atomic mass is 16.6. The number of amides is 1. The summed E-state index contributed by atoms with van der Waals surface area (Å²) in [7, 11) is 0. The Morgan fingerprint density at radius 2 is 2.12 bits per heavy atom. The number of nitrogens with zero attached hydrogens (tertiary/aromatic N) is 2. The van der Waals surface area contributed by atoms with E-state index in [0.29, 0.717) is 17.9 Å². The van der Waals surface area contributed by atoms with E-state index in [1.165, 1.54) is 12.1 Å². The number of nitrogens with two attached hydrogens (primary N) is 1. The quantitative estimate of drug-likeness (QED) is 0.457. The van der Waals surface area contributed by atoms with Gasteiger partial charge in [0.25, 0.3) is 0 Å². The molecule has 0 unspecified atom stereocenters. The molecule has 0 spiro atoms. The van der Waals surface area contributed by atoms with Crippen molar-refractivity contribution in [2.45, 2.75) is 6.42 Å². The molecule has 8 heteroatoms. The summed E-state index contributed by atoms with van der Waals surface area (Å²) >= 11 is 0. The molecule has 0 aliphatic rings. The summed E-state index contributed by atoms with van der Waals surface area (Å²) in [5.74, 6) is 0.134. The lowest BCUT2D eigenvalue weighted by Gasteiger charge is -2.10. The average Bonchev–Trinajstić information content (AvgIpc) is 2.53. The molecule has 0 aliphatic carbocycles. The molecule has 0 fully saturated rings. The lowest BCUT2D eigenvalue weighted by molar-refractivity contribution is -0.384. The molecule has 124 valence electrons. The van der Waals surface area contributed by atoms with Crippen LogP contribution in [-0.4, -0.2) is 22.4 Å². The van der Waals surface area contributed by atoms with E-state index in [9.17, 15) is 14.9 Å². The van der Waals surface area contributed by atoms with Crippen molar-refractivity contribution in [3.05, 3.63) is 64.7 Å². The molecule has 0 bridgehead atoms. The van der Waals surface area contributed by atoms with E-state index in [4.69, 9.17) is 10.5 Å². The van der Waals surface area contributed by atoms with Crippen molar-refractivity contribution in [2.75, 3.05) is 17.7 Å². The van der Waals surface area contributed by atoms with Crippen molar-refractivity contribution < 1.29 is 14.5 Å². The predicted octanol–water partition coefficient (Wildman–Crippen LogP) is 2.32. The average molecular weight is 328 g/mol. The van der Waals surface area contributed by atoms with Gasteiger partial charge in [0.15, 0.2) is 0 Å². The van der Waals surface area contributed by atoms with Gasteiger partial charge in [-0.25, -0.2) is 4.98 Å². The normalized spacial score (nSPS) is 10.0. The van der Waals surface area contributed by atoms with Gasteiger partial charge in [0.1, 0.15) is 18.2 Å². The third-order valence-corrected chi connectivity index (χ3v) is 3.05. The van der Waals surface area contributed by atoms with Gasteiger partial charge in [0.05, 0.1) is 11.3 Å². The summed E-state index contributed by atoms with van der Waals surface area (Å²) in [5, 5.41) is 13.2. The number of carbonyl (C=O) groups is 1. The smallest absolute Gasteiger partial charge is 0.311 e. The fraction of sp³-hybridized carbons (Fsp3) is 0.125. The van der Waals surface area contributed by atoms with E-state index in [0.717, 1.165) is 0 Å². The maximum absolute atomic E-state index is 12.1. The Hall–Kier alpha value is -3.42. The zero-order valence-electron chi connectivity index (χ0n) is 12.8. The molecule has 1 aromatic carbocycles. The Morgan fingerprint density at radius 1 is 1.38 bits per heavy atom. The standard InChI is InChI=1S/C16H16N4O4/c1-2-9-24-13-6-4-3-5-11(13)10-15(21)18-14-8-7-12(20(22)23)16(17)19-14/h2-8H,1,9-10H2,(H3,17,18,19,21). The van der Waals surface area contributed by atoms with Crippen molar-refractivity contribution in [1.82, 2.24) is 4.98 Å². The number of benzene rings is 1. The van der Waals surface area contributed by atoms with Gasteiger partial charge in [-0.1, -0.05) is 30.9 Å². The number of nitrogens with one attached hydrogen (secondary N) is 1. The number of pyridine rings is 1. The van der Waals surface area contributed by atoms with Gasteiger partial charge < -0.3 is 15.8 Å². The van der Waals surface area contributed by atoms with Gasteiger partial charge >= 0.3 is 5.69 Å². The molecule has 1 heterocycles. The van der Waals surface area contributed by atoms with Crippen LogP contribution in [0.15, 0.2) is 49.1 Å². The minimum atomic E-state index is -0.638. The van der Waals surface area contributed by atoms with Crippen molar-refractivity contribution in [3.63, 3.8) is 0 Å². The Labute approximate surface area is 138 Å². The minimum Gasteiger partial charge on any atom is -0.489 e. The van der Waals surface area contributed by atoms with Crippen LogP contribution in [-0.2, 0) is 11.2 Å². The third kappa shape index (κ3) is 4.29. The second-order valence-electron chi connectivity index (χ2n) is 4.79. The van der Waals surface area contributed by atoms with Gasteiger partial charge in [-0.05, 0) is 12.1 Å². The van der Waals surface area contributed by atoms with E-state index in [1.807, 2.05) is 0 Å². The van der Waals surface area contributed by atoms with E-state index in [1.54, 1.807) is 30.3 Å². The lowest BCUT2D eigenvalue weighted by Crippen LogP contribution is -2.16. The predicted molar refractivity (Wildman–Crippen MR) is 89.8 cm³/mol. The Morgan fingerprint density at radius 3 is 2.79 bits per heavy atom. The molecule has 8 nitrogen and oxygen atoms in total. The van der Waals surface area contributed by atoms with Crippen LogP contribution in [0.25, 0.3) is 0 Å². The number of hydrogen-bond donors (Lipinski definition) is 2. The highest BCUT2D eigenvalue weighted by Crippen LogP contribution is 2.22. The molecular formula is C16H16N4O4. The number of anilines is 2. The molecule has 2 aromatic rings. The largest absolute Gasteiger partial charge is 0.489 e. The molecule has 2 rings (SSSR count). The first-order chi connectivity index (χ1) is 11.5. The topological polar surface area (TPSA) is 120 Å². The number of carbonyl (C=O) groups excluding carboxylic acids is 1. The van der Waals surface area contributed by atoms with Crippen molar-refractivity contribution in [3.8, 4) is 5.75 Å². The molecule has 1 amide bonds. The highest BCUT2D eigenvalue weighted by Gasteiger charge is 2.15. The Balaban J connectivity index is 2.07.